The maximum Gasteiger partial charge on any atom is 0.205 e. The molecule has 0 saturated carbocycles. The molecule has 2 N–H and O–H groups in total. The van der Waals surface area contributed by atoms with E-state index in [4.69, 9.17) is 10.5 Å². The molecule has 1 aliphatic heterocycles. The predicted molar refractivity (Wildman–Crippen MR) is 72.8 cm³/mol. The topological polar surface area (TPSA) is 56.3 Å². The molecule has 0 aliphatic carbocycles. The minimum atomic E-state index is 0.238. The molecule has 5 heteroatoms. The molecule has 0 spiro atoms. The number of nitrogens with two attached hydrogens (primary N) is 1. The van der Waals surface area contributed by atoms with E-state index in [1.807, 2.05) is 12.4 Å². The van der Waals surface area contributed by atoms with Crippen LogP contribution in [0.5, 0.6) is 0 Å². The number of rotatable bonds is 4. The average Bonchev–Trinajstić information content (AvgIpc) is 2.82. The van der Waals surface area contributed by atoms with Crippen LogP contribution in [0.4, 0.5) is 5.95 Å². The fourth-order valence-corrected chi connectivity index (χ4v) is 2.50. The van der Waals surface area contributed by atoms with Crippen LogP contribution in [-0.4, -0.2) is 42.4 Å². The quantitative estimate of drug-likeness (QED) is 0.876. The van der Waals surface area contributed by atoms with Gasteiger partial charge in [-0.25, -0.2) is 4.98 Å². The van der Waals surface area contributed by atoms with Gasteiger partial charge in [0, 0.05) is 38.6 Å². The van der Waals surface area contributed by atoms with Gasteiger partial charge in [-0.15, -0.1) is 0 Å². The highest BCUT2D eigenvalue weighted by atomic mass is 16.5. The van der Waals surface area contributed by atoms with Crippen LogP contribution >= 0.6 is 0 Å². The van der Waals surface area contributed by atoms with Crippen molar-refractivity contribution in [2.24, 2.45) is 11.7 Å². The Kier molecular flexibility index (Phi) is 4.24. The molecular weight excluding hydrogens is 228 g/mol. The summed E-state index contributed by atoms with van der Waals surface area (Å²) >= 11 is 0. The van der Waals surface area contributed by atoms with Gasteiger partial charge in [0.15, 0.2) is 0 Å². The van der Waals surface area contributed by atoms with Crippen molar-refractivity contribution in [3.05, 3.63) is 12.4 Å². The van der Waals surface area contributed by atoms with Gasteiger partial charge in [0.05, 0.1) is 12.6 Å². The van der Waals surface area contributed by atoms with Gasteiger partial charge in [-0.1, -0.05) is 6.92 Å². The van der Waals surface area contributed by atoms with Gasteiger partial charge >= 0.3 is 0 Å². The number of hydrogen-bond acceptors (Lipinski definition) is 4. The monoisotopic (exact) mass is 252 g/mol. The Morgan fingerprint density at radius 2 is 2.39 bits per heavy atom. The number of nitrogens with zero attached hydrogens (tertiary/aromatic N) is 3. The van der Waals surface area contributed by atoms with E-state index in [1.165, 1.54) is 0 Å². The molecule has 0 aromatic carbocycles. The summed E-state index contributed by atoms with van der Waals surface area (Å²) < 4.78 is 7.39. The van der Waals surface area contributed by atoms with E-state index >= 15 is 0 Å². The second kappa shape index (κ2) is 5.71. The second-order valence-electron chi connectivity index (χ2n) is 5.31. The zero-order chi connectivity index (χ0) is 13.1. The molecular formula is C13H24N4O. The van der Waals surface area contributed by atoms with Crippen molar-refractivity contribution >= 4 is 5.95 Å². The minimum Gasteiger partial charge on any atom is -0.383 e. The summed E-state index contributed by atoms with van der Waals surface area (Å²) in [5, 5.41) is 0. The largest absolute Gasteiger partial charge is 0.383 e. The van der Waals surface area contributed by atoms with Crippen LogP contribution in [0, 0.1) is 5.92 Å². The smallest absolute Gasteiger partial charge is 0.205 e. The third-order valence-electron chi connectivity index (χ3n) is 3.83. The Bertz CT molecular complexity index is 379. The zero-order valence-electron chi connectivity index (χ0n) is 11.5. The van der Waals surface area contributed by atoms with Crippen LogP contribution in [0.25, 0.3) is 0 Å². The molecule has 5 nitrogen and oxygen atoms in total. The van der Waals surface area contributed by atoms with Gasteiger partial charge in [0.2, 0.25) is 5.95 Å². The predicted octanol–water partition coefficient (Wildman–Crippen LogP) is 1.26. The molecule has 1 aromatic rings. The van der Waals surface area contributed by atoms with Gasteiger partial charge in [0.25, 0.3) is 0 Å². The molecule has 0 radical (unpaired) electrons. The molecule has 0 amide bonds. The molecule has 0 bridgehead atoms. The first-order chi connectivity index (χ1) is 8.63. The second-order valence-corrected chi connectivity index (χ2v) is 5.31. The van der Waals surface area contributed by atoms with E-state index in [1.54, 1.807) is 7.11 Å². The highest BCUT2D eigenvalue weighted by Gasteiger charge is 2.26. The third-order valence-corrected chi connectivity index (χ3v) is 3.83. The van der Waals surface area contributed by atoms with Crippen molar-refractivity contribution in [1.82, 2.24) is 9.55 Å². The first kappa shape index (κ1) is 13.4. The fraction of sp³-hybridized carbons (Fsp3) is 0.769. The Morgan fingerprint density at radius 3 is 3.06 bits per heavy atom. The van der Waals surface area contributed by atoms with Gasteiger partial charge in [-0.05, 0) is 19.3 Å². The summed E-state index contributed by atoms with van der Waals surface area (Å²) in [4.78, 5) is 6.77. The summed E-state index contributed by atoms with van der Waals surface area (Å²) in [5.41, 5.74) is 6.16. The van der Waals surface area contributed by atoms with Crippen LogP contribution in [0.15, 0.2) is 12.4 Å². The molecule has 102 valence electrons. The molecule has 1 aliphatic rings. The molecule has 3 atom stereocenters. The lowest BCUT2D eigenvalue weighted by Gasteiger charge is -2.36. The van der Waals surface area contributed by atoms with Crippen LogP contribution in [-0.2, 0) is 4.74 Å². The summed E-state index contributed by atoms with van der Waals surface area (Å²) in [6.07, 6.45) is 5.00. The van der Waals surface area contributed by atoms with Crippen molar-refractivity contribution in [2.75, 3.05) is 31.7 Å². The maximum absolute atomic E-state index is 6.16. The highest BCUT2D eigenvalue weighted by molar-refractivity contribution is 5.33. The van der Waals surface area contributed by atoms with E-state index in [0.717, 1.165) is 25.5 Å². The lowest BCUT2D eigenvalue weighted by molar-refractivity contribution is 0.162. The SMILES string of the molecule is COCC(C)n1ccnc1N1CCC(C)C(N)C1. The molecule has 1 fully saturated rings. The number of methoxy groups -OCH3 is 1. The molecule has 2 heterocycles. The lowest BCUT2D eigenvalue weighted by atomic mass is 9.94. The number of anilines is 1. The number of piperidine rings is 1. The van der Waals surface area contributed by atoms with Crippen molar-refractivity contribution in [3.8, 4) is 0 Å². The van der Waals surface area contributed by atoms with Crippen LogP contribution < -0.4 is 10.6 Å². The Hall–Kier alpha value is -1.07. The van der Waals surface area contributed by atoms with Crippen LogP contribution in [0.3, 0.4) is 0 Å². The Balaban J connectivity index is 2.11. The van der Waals surface area contributed by atoms with Gasteiger partial charge in [-0.2, -0.15) is 0 Å². The van der Waals surface area contributed by atoms with E-state index < -0.39 is 0 Å². The zero-order valence-corrected chi connectivity index (χ0v) is 11.5. The maximum atomic E-state index is 6.16. The van der Waals surface area contributed by atoms with Crippen LogP contribution in [0.1, 0.15) is 26.3 Å². The first-order valence-electron chi connectivity index (χ1n) is 6.65. The van der Waals surface area contributed by atoms with E-state index in [0.29, 0.717) is 18.6 Å². The summed E-state index contributed by atoms with van der Waals surface area (Å²) in [7, 11) is 1.73. The highest BCUT2D eigenvalue weighted by Crippen LogP contribution is 2.23. The Morgan fingerprint density at radius 1 is 1.61 bits per heavy atom. The van der Waals surface area contributed by atoms with E-state index in [9.17, 15) is 0 Å². The minimum absolute atomic E-state index is 0.238. The number of ether oxygens (including phenoxy) is 1. The van der Waals surface area contributed by atoms with E-state index in [-0.39, 0.29) is 6.04 Å². The fourth-order valence-electron chi connectivity index (χ4n) is 2.50. The molecule has 1 aromatic heterocycles. The number of aromatic nitrogens is 2. The molecule has 3 unspecified atom stereocenters. The Labute approximate surface area is 109 Å². The third kappa shape index (κ3) is 2.67. The standard InChI is InChI=1S/C13H24N4O/c1-10-4-6-16(8-12(10)14)13-15-5-7-17(13)11(2)9-18-3/h5,7,10-12H,4,6,8-9,14H2,1-3H3. The first-order valence-corrected chi connectivity index (χ1v) is 6.65. The van der Waals surface area contributed by atoms with Crippen molar-refractivity contribution in [3.63, 3.8) is 0 Å². The lowest BCUT2D eigenvalue weighted by Crippen LogP contribution is -2.48. The molecule has 1 saturated heterocycles. The molecule has 2 rings (SSSR count). The van der Waals surface area contributed by atoms with Gasteiger partial charge in [0.1, 0.15) is 0 Å². The number of hydrogen-bond donors (Lipinski definition) is 1. The van der Waals surface area contributed by atoms with Gasteiger partial charge in [-0.3, -0.25) is 0 Å². The van der Waals surface area contributed by atoms with Crippen molar-refractivity contribution < 1.29 is 4.74 Å². The summed E-state index contributed by atoms with van der Waals surface area (Å²) in [6, 6.07) is 0.532. The normalized spacial score (nSPS) is 26.3. The summed E-state index contributed by atoms with van der Waals surface area (Å²) in [5.74, 6) is 1.61. The summed E-state index contributed by atoms with van der Waals surface area (Å²) in [6.45, 7) is 6.98. The van der Waals surface area contributed by atoms with Crippen LogP contribution in [0.2, 0.25) is 0 Å². The average molecular weight is 252 g/mol. The van der Waals surface area contributed by atoms with Gasteiger partial charge < -0.3 is 19.9 Å². The molecule has 18 heavy (non-hydrogen) atoms. The van der Waals surface area contributed by atoms with E-state index in [2.05, 4.69) is 28.3 Å². The van der Waals surface area contributed by atoms with Crippen molar-refractivity contribution in [1.29, 1.82) is 0 Å². The number of imidazole rings is 1. The van der Waals surface area contributed by atoms with Crippen molar-refractivity contribution in [2.45, 2.75) is 32.4 Å².